The van der Waals surface area contributed by atoms with E-state index in [9.17, 15) is 13.2 Å². The summed E-state index contributed by atoms with van der Waals surface area (Å²) in [5.41, 5.74) is 1.05. The van der Waals surface area contributed by atoms with Gasteiger partial charge in [-0.2, -0.15) is 4.31 Å². The van der Waals surface area contributed by atoms with Crippen LogP contribution in [0.3, 0.4) is 0 Å². The third kappa shape index (κ3) is 6.52. The van der Waals surface area contributed by atoms with E-state index in [-0.39, 0.29) is 11.8 Å². The highest BCUT2D eigenvalue weighted by molar-refractivity contribution is 7.89. The number of rotatable bonds is 7. The van der Waals surface area contributed by atoms with Crippen molar-refractivity contribution in [2.45, 2.75) is 56.8 Å². The molecule has 0 atom stereocenters. The zero-order valence-electron chi connectivity index (χ0n) is 17.6. The summed E-state index contributed by atoms with van der Waals surface area (Å²) in [6.45, 7) is 6.84. The number of carbonyl (C=O) groups is 1. The van der Waals surface area contributed by atoms with Crippen LogP contribution in [-0.4, -0.2) is 62.8 Å². The second kappa shape index (κ2) is 10.5. The van der Waals surface area contributed by atoms with Crippen molar-refractivity contribution < 1.29 is 13.2 Å². The molecule has 1 amide bonds. The third-order valence-electron chi connectivity index (χ3n) is 6.16. The maximum atomic E-state index is 12.8. The van der Waals surface area contributed by atoms with Gasteiger partial charge in [0.1, 0.15) is 0 Å². The number of nitrogens with zero attached hydrogens (tertiary/aromatic N) is 2. The normalized spacial score (nSPS) is 20.3. The molecule has 7 heteroatoms. The van der Waals surface area contributed by atoms with E-state index in [2.05, 4.69) is 10.2 Å². The molecule has 3 rings (SSSR count). The maximum Gasteiger partial charge on any atom is 0.243 e. The Kier molecular flexibility index (Phi) is 8.09. The zero-order valence-corrected chi connectivity index (χ0v) is 18.4. The van der Waals surface area contributed by atoms with Crippen molar-refractivity contribution in [1.29, 1.82) is 0 Å². The maximum absolute atomic E-state index is 12.8. The zero-order chi connectivity index (χ0) is 20.7. The smallest absolute Gasteiger partial charge is 0.243 e. The van der Waals surface area contributed by atoms with Crippen molar-refractivity contribution in [1.82, 2.24) is 14.5 Å². The molecule has 1 aromatic rings. The molecule has 0 unspecified atom stereocenters. The quantitative estimate of drug-likeness (QED) is 0.735. The van der Waals surface area contributed by atoms with Gasteiger partial charge in [-0.15, -0.1) is 0 Å². The van der Waals surface area contributed by atoms with Crippen molar-refractivity contribution in [3.05, 3.63) is 29.8 Å². The summed E-state index contributed by atoms with van der Waals surface area (Å²) in [4.78, 5) is 15.1. The molecular formula is C22H35N3O3S. The highest BCUT2D eigenvalue weighted by Crippen LogP contribution is 2.25. The molecule has 0 aliphatic carbocycles. The van der Waals surface area contributed by atoms with E-state index in [1.165, 1.54) is 25.7 Å². The number of carbonyl (C=O) groups excluding carboxylic acids is 1. The van der Waals surface area contributed by atoms with E-state index in [0.717, 1.165) is 38.0 Å². The average Bonchev–Trinajstić information content (AvgIpc) is 2.98. The second-order valence-corrected chi connectivity index (χ2v) is 10.4. The number of aryl methyl sites for hydroxylation is 1. The SMILES string of the molecule is Cc1ccc(S(=O)(=O)N2CCC(CC(=O)NCCN3CCCCCC3)CC2)cc1. The Hall–Kier alpha value is -1.44. The lowest BCUT2D eigenvalue weighted by Gasteiger charge is -2.31. The molecule has 2 fully saturated rings. The molecule has 29 heavy (non-hydrogen) atoms. The number of piperidine rings is 1. The number of sulfonamides is 1. The fraction of sp³-hybridized carbons (Fsp3) is 0.682. The van der Waals surface area contributed by atoms with Gasteiger partial charge in [0, 0.05) is 32.6 Å². The highest BCUT2D eigenvalue weighted by Gasteiger charge is 2.30. The first-order valence-electron chi connectivity index (χ1n) is 11.0. The molecule has 0 spiro atoms. The molecule has 2 heterocycles. The molecule has 2 saturated heterocycles. The van der Waals surface area contributed by atoms with E-state index in [4.69, 9.17) is 0 Å². The van der Waals surface area contributed by atoms with E-state index in [0.29, 0.717) is 31.0 Å². The van der Waals surface area contributed by atoms with E-state index < -0.39 is 10.0 Å². The average molecular weight is 422 g/mol. The summed E-state index contributed by atoms with van der Waals surface area (Å²) in [5.74, 6) is 0.359. The Morgan fingerprint density at radius 1 is 1.00 bits per heavy atom. The van der Waals surface area contributed by atoms with E-state index in [1.807, 2.05) is 19.1 Å². The van der Waals surface area contributed by atoms with Crippen LogP contribution in [0.25, 0.3) is 0 Å². The minimum atomic E-state index is -3.43. The standard InChI is InChI=1S/C22H35N3O3S/c1-19-6-8-21(9-7-19)29(27,28)25-15-10-20(11-16-25)18-22(26)23-12-17-24-13-4-2-3-5-14-24/h6-9,20H,2-5,10-18H2,1H3,(H,23,26). The molecule has 0 aromatic heterocycles. The Morgan fingerprint density at radius 3 is 2.24 bits per heavy atom. The van der Waals surface area contributed by atoms with Gasteiger partial charge in [-0.05, 0) is 63.7 Å². The molecule has 1 aromatic carbocycles. The summed E-state index contributed by atoms with van der Waals surface area (Å²) in [5, 5.41) is 3.06. The van der Waals surface area contributed by atoms with Crippen LogP contribution in [0.4, 0.5) is 0 Å². The molecule has 0 radical (unpaired) electrons. The fourth-order valence-electron chi connectivity index (χ4n) is 4.26. The summed E-state index contributed by atoms with van der Waals surface area (Å²) in [7, 11) is -3.43. The van der Waals surface area contributed by atoms with Gasteiger partial charge in [-0.1, -0.05) is 30.5 Å². The predicted octanol–water partition coefficient (Wildman–Crippen LogP) is 2.78. The molecular weight excluding hydrogens is 386 g/mol. The molecule has 0 bridgehead atoms. The molecule has 1 N–H and O–H groups in total. The highest BCUT2D eigenvalue weighted by atomic mass is 32.2. The first kappa shape index (κ1) is 22.2. The lowest BCUT2D eigenvalue weighted by Crippen LogP contribution is -2.40. The Bertz CT molecular complexity index is 748. The first-order chi connectivity index (χ1) is 13.9. The first-order valence-corrected chi connectivity index (χ1v) is 12.4. The molecule has 0 saturated carbocycles. The van der Waals surface area contributed by atoms with Gasteiger partial charge in [0.25, 0.3) is 0 Å². The van der Waals surface area contributed by atoms with Crippen molar-refractivity contribution >= 4 is 15.9 Å². The topological polar surface area (TPSA) is 69.7 Å². The lowest BCUT2D eigenvalue weighted by molar-refractivity contribution is -0.122. The summed E-state index contributed by atoms with van der Waals surface area (Å²) >= 11 is 0. The number of benzene rings is 1. The van der Waals surface area contributed by atoms with Crippen LogP contribution in [0.5, 0.6) is 0 Å². The van der Waals surface area contributed by atoms with Crippen LogP contribution in [0.1, 0.15) is 50.5 Å². The number of amides is 1. The molecule has 6 nitrogen and oxygen atoms in total. The van der Waals surface area contributed by atoms with Gasteiger partial charge in [0.15, 0.2) is 0 Å². The Labute approximate surface area is 175 Å². The monoisotopic (exact) mass is 421 g/mol. The summed E-state index contributed by atoms with van der Waals surface area (Å²) in [6.07, 6.45) is 7.14. The van der Waals surface area contributed by atoms with Crippen molar-refractivity contribution in [2.75, 3.05) is 39.3 Å². The second-order valence-electron chi connectivity index (χ2n) is 8.47. The number of nitrogens with one attached hydrogen (secondary N) is 1. The van der Waals surface area contributed by atoms with Crippen LogP contribution in [-0.2, 0) is 14.8 Å². The molecule has 2 aliphatic heterocycles. The molecule has 2 aliphatic rings. The van der Waals surface area contributed by atoms with Gasteiger partial charge in [0.2, 0.25) is 15.9 Å². The van der Waals surface area contributed by atoms with Crippen LogP contribution < -0.4 is 5.32 Å². The number of likely N-dealkylation sites (tertiary alicyclic amines) is 1. The van der Waals surface area contributed by atoms with Crippen LogP contribution in [0.2, 0.25) is 0 Å². The van der Waals surface area contributed by atoms with Gasteiger partial charge < -0.3 is 10.2 Å². The van der Waals surface area contributed by atoms with Crippen LogP contribution in [0, 0.1) is 12.8 Å². The predicted molar refractivity (Wildman–Crippen MR) is 115 cm³/mol. The minimum Gasteiger partial charge on any atom is -0.355 e. The Morgan fingerprint density at radius 2 is 1.62 bits per heavy atom. The number of hydrogen-bond donors (Lipinski definition) is 1. The summed E-state index contributed by atoms with van der Waals surface area (Å²) in [6, 6.07) is 7.01. The molecule has 162 valence electrons. The largest absolute Gasteiger partial charge is 0.355 e. The van der Waals surface area contributed by atoms with Gasteiger partial charge in [-0.3, -0.25) is 4.79 Å². The minimum absolute atomic E-state index is 0.0969. The third-order valence-corrected chi connectivity index (χ3v) is 8.07. The van der Waals surface area contributed by atoms with Crippen molar-refractivity contribution in [2.24, 2.45) is 5.92 Å². The van der Waals surface area contributed by atoms with Crippen molar-refractivity contribution in [3.8, 4) is 0 Å². The van der Waals surface area contributed by atoms with Crippen LogP contribution >= 0.6 is 0 Å². The van der Waals surface area contributed by atoms with Crippen molar-refractivity contribution in [3.63, 3.8) is 0 Å². The lowest BCUT2D eigenvalue weighted by atomic mass is 9.94. The fourth-order valence-corrected chi connectivity index (χ4v) is 5.73. The van der Waals surface area contributed by atoms with E-state index >= 15 is 0 Å². The number of hydrogen-bond acceptors (Lipinski definition) is 4. The van der Waals surface area contributed by atoms with Gasteiger partial charge in [0.05, 0.1) is 4.90 Å². The van der Waals surface area contributed by atoms with E-state index in [1.54, 1.807) is 16.4 Å². The van der Waals surface area contributed by atoms with Gasteiger partial charge >= 0.3 is 0 Å². The summed E-state index contributed by atoms with van der Waals surface area (Å²) < 4.78 is 27.1. The Balaban J connectivity index is 1.38. The van der Waals surface area contributed by atoms with Gasteiger partial charge in [-0.25, -0.2) is 8.42 Å². The van der Waals surface area contributed by atoms with Crippen LogP contribution in [0.15, 0.2) is 29.2 Å².